The van der Waals surface area contributed by atoms with Crippen molar-refractivity contribution in [1.82, 2.24) is 10.2 Å². The lowest BCUT2D eigenvalue weighted by molar-refractivity contribution is 0.262. The van der Waals surface area contributed by atoms with Crippen molar-refractivity contribution in [2.75, 3.05) is 10.6 Å². The van der Waals surface area contributed by atoms with Crippen LogP contribution in [0.25, 0.3) is 0 Å². The quantitative estimate of drug-likeness (QED) is 0.764. The number of nitrogens with zero attached hydrogens (tertiary/aromatic N) is 1. The molecule has 5 nitrogen and oxygen atoms in total. The lowest BCUT2D eigenvalue weighted by Gasteiger charge is -2.06. The average molecular weight is 248 g/mol. The minimum atomic E-state index is -0.420. The van der Waals surface area contributed by atoms with Crippen LogP contribution in [0.1, 0.15) is 11.3 Å². The second-order valence-electron chi connectivity index (χ2n) is 3.91. The number of urea groups is 1. The fraction of sp³-hybridized carbons (Fsp3) is 0.167. The summed E-state index contributed by atoms with van der Waals surface area (Å²) >= 11 is 0. The summed E-state index contributed by atoms with van der Waals surface area (Å²) in [6, 6.07) is 5.10. The number of anilines is 2. The molecule has 0 bridgehead atoms. The number of aromatic amines is 1. The highest BCUT2D eigenvalue weighted by Crippen LogP contribution is 2.14. The number of nitrogens with one attached hydrogen (secondary N) is 3. The van der Waals surface area contributed by atoms with E-state index >= 15 is 0 Å². The van der Waals surface area contributed by atoms with Crippen LogP contribution < -0.4 is 10.6 Å². The zero-order valence-electron chi connectivity index (χ0n) is 10.0. The second kappa shape index (κ2) is 4.87. The van der Waals surface area contributed by atoms with Gasteiger partial charge in [0.2, 0.25) is 0 Å². The van der Waals surface area contributed by atoms with Crippen LogP contribution in [0.5, 0.6) is 0 Å². The molecule has 6 heteroatoms. The van der Waals surface area contributed by atoms with Crippen LogP contribution >= 0.6 is 0 Å². The molecule has 2 amide bonds. The minimum Gasteiger partial charge on any atom is -0.308 e. The molecular weight excluding hydrogens is 235 g/mol. The highest BCUT2D eigenvalue weighted by atomic mass is 19.1. The number of hydrogen-bond donors (Lipinski definition) is 3. The maximum Gasteiger partial charge on any atom is 0.324 e. The number of aryl methyl sites for hydroxylation is 1. The number of amides is 2. The summed E-state index contributed by atoms with van der Waals surface area (Å²) in [5.41, 5.74) is 2.29. The molecule has 0 aliphatic rings. The van der Waals surface area contributed by atoms with Crippen LogP contribution in [-0.2, 0) is 0 Å². The Balaban J connectivity index is 2.01. The van der Waals surface area contributed by atoms with Crippen molar-refractivity contribution >= 4 is 17.5 Å². The van der Waals surface area contributed by atoms with Crippen molar-refractivity contribution in [2.24, 2.45) is 0 Å². The molecule has 1 aromatic carbocycles. The fourth-order valence-corrected chi connectivity index (χ4v) is 1.41. The van der Waals surface area contributed by atoms with Crippen LogP contribution in [0.15, 0.2) is 24.3 Å². The highest BCUT2D eigenvalue weighted by Gasteiger charge is 2.09. The van der Waals surface area contributed by atoms with Gasteiger partial charge in [0.15, 0.2) is 5.82 Å². The van der Waals surface area contributed by atoms with Gasteiger partial charge in [-0.05, 0) is 38.1 Å². The summed E-state index contributed by atoms with van der Waals surface area (Å²) in [5, 5.41) is 11.9. The number of rotatable bonds is 2. The molecule has 0 radical (unpaired) electrons. The molecule has 0 saturated carbocycles. The van der Waals surface area contributed by atoms with E-state index in [0.717, 1.165) is 11.3 Å². The number of carbonyl (C=O) groups is 1. The number of hydrogen-bond acceptors (Lipinski definition) is 2. The Morgan fingerprint density at radius 1 is 1.22 bits per heavy atom. The molecule has 0 unspecified atom stereocenters. The van der Waals surface area contributed by atoms with E-state index in [4.69, 9.17) is 0 Å². The van der Waals surface area contributed by atoms with Crippen molar-refractivity contribution in [3.63, 3.8) is 0 Å². The Hall–Kier alpha value is -2.37. The van der Waals surface area contributed by atoms with Crippen LogP contribution in [0.2, 0.25) is 0 Å². The molecule has 18 heavy (non-hydrogen) atoms. The maximum atomic E-state index is 12.7. The van der Waals surface area contributed by atoms with Gasteiger partial charge in [-0.1, -0.05) is 0 Å². The van der Waals surface area contributed by atoms with Crippen molar-refractivity contribution < 1.29 is 9.18 Å². The van der Waals surface area contributed by atoms with Gasteiger partial charge in [-0.25, -0.2) is 9.18 Å². The van der Waals surface area contributed by atoms with Crippen LogP contribution in [0.4, 0.5) is 20.7 Å². The predicted octanol–water partition coefficient (Wildman–Crippen LogP) is 2.81. The molecule has 1 heterocycles. The molecule has 1 aromatic heterocycles. The SMILES string of the molecule is Cc1[nH]nc(NC(=O)Nc2ccc(F)cc2)c1C. The zero-order chi connectivity index (χ0) is 13.1. The first-order valence-electron chi connectivity index (χ1n) is 5.41. The van der Waals surface area contributed by atoms with E-state index in [2.05, 4.69) is 20.8 Å². The standard InChI is InChI=1S/C12H13FN4O/c1-7-8(2)16-17-11(7)15-12(18)14-10-5-3-9(13)4-6-10/h3-6H,1-2H3,(H3,14,15,16,17,18). The summed E-state index contributed by atoms with van der Waals surface area (Å²) in [7, 11) is 0. The summed E-state index contributed by atoms with van der Waals surface area (Å²) in [6.07, 6.45) is 0. The van der Waals surface area contributed by atoms with Gasteiger partial charge in [-0.2, -0.15) is 5.10 Å². The van der Waals surface area contributed by atoms with Gasteiger partial charge in [0, 0.05) is 16.9 Å². The lowest BCUT2D eigenvalue weighted by atomic mass is 10.3. The first-order chi connectivity index (χ1) is 8.56. The third-order valence-corrected chi connectivity index (χ3v) is 2.59. The van der Waals surface area contributed by atoms with E-state index < -0.39 is 6.03 Å². The zero-order valence-corrected chi connectivity index (χ0v) is 10.0. The largest absolute Gasteiger partial charge is 0.324 e. The monoisotopic (exact) mass is 248 g/mol. The number of aromatic nitrogens is 2. The van der Waals surface area contributed by atoms with Gasteiger partial charge in [0.05, 0.1) is 0 Å². The number of H-pyrrole nitrogens is 1. The van der Waals surface area contributed by atoms with E-state index in [1.165, 1.54) is 24.3 Å². The molecule has 0 atom stereocenters. The Kier molecular flexibility index (Phi) is 3.27. The van der Waals surface area contributed by atoms with Gasteiger partial charge in [0.1, 0.15) is 5.82 Å². The summed E-state index contributed by atoms with van der Waals surface area (Å²) in [5.74, 6) is 0.131. The first kappa shape index (κ1) is 12.1. The Morgan fingerprint density at radius 3 is 2.44 bits per heavy atom. The summed E-state index contributed by atoms with van der Waals surface area (Å²) < 4.78 is 12.7. The fourth-order valence-electron chi connectivity index (χ4n) is 1.41. The minimum absolute atomic E-state index is 0.347. The smallest absolute Gasteiger partial charge is 0.308 e. The van der Waals surface area contributed by atoms with Crippen molar-refractivity contribution in [2.45, 2.75) is 13.8 Å². The number of carbonyl (C=O) groups excluding carboxylic acids is 1. The van der Waals surface area contributed by atoms with Crippen LogP contribution in [-0.4, -0.2) is 16.2 Å². The Labute approximate surface area is 103 Å². The van der Waals surface area contributed by atoms with E-state index in [1.54, 1.807) is 0 Å². The molecular formula is C12H13FN4O. The van der Waals surface area contributed by atoms with E-state index in [0.29, 0.717) is 11.5 Å². The maximum absolute atomic E-state index is 12.7. The Bertz CT molecular complexity index is 562. The molecule has 0 fully saturated rings. The normalized spacial score (nSPS) is 10.2. The van der Waals surface area contributed by atoms with Crippen LogP contribution in [0, 0.1) is 19.7 Å². The highest BCUT2D eigenvalue weighted by molar-refractivity contribution is 5.99. The molecule has 0 saturated heterocycles. The molecule has 94 valence electrons. The van der Waals surface area contributed by atoms with Crippen molar-refractivity contribution in [3.8, 4) is 0 Å². The number of halogens is 1. The van der Waals surface area contributed by atoms with Gasteiger partial charge >= 0.3 is 6.03 Å². The van der Waals surface area contributed by atoms with Crippen LogP contribution in [0.3, 0.4) is 0 Å². The van der Waals surface area contributed by atoms with Crippen molar-refractivity contribution in [3.05, 3.63) is 41.3 Å². The molecule has 2 rings (SSSR count). The molecule has 0 aliphatic carbocycles. The van der Waals surface area contributed by atoms with Gasteiger partial charge in [-0.3, -0.25) is 10.4 Å². The first-order valence-corrected chi connectivity index (χ1v) is 5.41. The lowest BCUT2D eigenvalue weighted by Crippen LogP contribution is -2.20. The second-order valence-corrected chi connectivity index (χ2v) is 3.91. The molecule has 3 N–H and O–H groups in total. The molecule has 0 spiro atoms. The third-order valence-electron chi connectivity index (χ3n) is 2.59. The Morgan fingerprint density at radius 2 is 1.89 bits per heavy atom. The molecule has 2 aromatic rings. The molecule has 0 aliphatic heterocycles. The van der Waals surface area contributed by atoms with Crippen molar-refractivity contribution in [1.29, 1.82) is 0 Å². The van der Waals surface area contributed by atoms with E-state index in [9.17, 15) is 9.18 Å². The topological polar surface area (TPSA) is 69.8 Å². The van der Waals surface area contributed by atoms with E-state index in [1.807, 2.05) is 13.8 Å². The predicted molar refractivity (Wildman–Crippen MR) is 67.1 cm³/mol. The van der Waals surface area contributed by atoms with Gasteiger partial charge in [-0.15, -0.1) is 0 Å². The summed E-state index contributed by atoms with van der Waals surface area (Å²) in [6.45, 7) is 3.72. The average Bonchev–Trinajstić information content (AvgIpc) is 2.64. The van der Waals surface area contributed by atoms with Gasteiger partial charge in [0.25, 0.3) is 0 Å². The van der Waals surface area contributed by atoms with E-state index in [-0.39, 0.29) is 5.82 Å². The third kappa shape index (κ3) is 2.65. The van der Waals surface area contributed by atoms with Gasteiger partial charge < -0.3 is 5.32 Å². The summed E-state index contributed by atoms with van der Waals surface area (Å²) in [4.78, 5) is 11.7. The number of benzene rings is 1.